The number of fused-ring (bicyclic) bond motifs is 3. The highest BCUT2D eigenvalue weighted by Crippen LogP contribution is 2.45. The van der Waals surface area contributed by atoms with Gasteiger partial charge in [-0.3, -0.25) is 14.7 Å². The molecule has 5 rings (SSSR count). The zero-order chi connectivity index (χ0) is 39.2. The normalized spacial score (nSPS) is 13.2. The van der Waals surface area contributed by atoms with E-state index < -0.39 is 20.5 Å². The van der Waals surface area contributed by atoms with Crippen molar-refractivity contribution in [2.45, 2.75) is 71.3 Å². The first kappa shape index (κ1) is 40.3. The molecule has 11 heteroatoms. The summed E-state index contributed by atoms with van der Waals surface area (Å²) in [4.78, 5) is 34.6. The number of rotatable bonds is 15. The van der Waals surface area contributed by atoms with Gasteiger partial charge in [0, 0.05) is 30.8 Å². The molecule has 10 nitrogen and oxygen atoms in total. The number of carbonyl (C=O) groups excluding carboxylic acids is 2. The quantitative estimate of drug-likeness (QED) is 0.0950. The van der Waals surface area contributed by atoms with Crippen LogP contribution in [0.25, 0.3) is 22.4 Å². The average molecular weight is 754 g/mol. The van der Waals surface area contributed by atoms with Crippen LogP contribution in [0.1, 0.15) is 57.2 Å². The molecule has 1 N–H and O–H groups in total. The molecule has 288 valence electrons. The summed E-state index contributed by atoms with van der Waals surface area (Å²) >= 11 is 0. The van der Waals surface area contributed by atoms with Crippen molar-refractivity contribution in [3.63, 3.8) is 0 Å². The van der Waals surface area contributed by atoms with Gasteiger partial charge in [0.1, 0.15) is 12.6 Å². The van der Waals surface area contributed by atoms with Crippen molar-refractivity contribution in [1.29, 1.82) is 0 Å². The number of ether oxygens (including phenoxy) is 4. The second-order valence-electron chi connectivity index (χ2n) is 15.5. The van der Waals surface area contributed by atoms with Gasteiger partial charge in [0.2, 0.25) is 11.7 Å². The highest BCUT2D eigenvalue weighted by Gasteiger charge is 2.38. The third-order valence-electron chi connectivity index (χ3n) is 10.6. The molecule has 0 fully saturated rings. The molecule has 1 heterocycles. The average Bonchev–Trinajstić information content (AvgIpc) is 3.47. The van der Waals surface area contributed by atoms with Crippen LogP contribution in [-0.2, 0) is 20.5 Å². The van der Waals surface area contributed by atoms with E-state index in [-0.39, 0.29) is 35.9 Å². The Hall–Kier alpha value is -4.87. The van der Waals surface area contributed by atoms with Gasteiger partial charge in [0.05, 0.1) is 33.6 Å². The van der Waals surface area contributed by atoms with Crippen LogP contribution < -0.4 is 19.5 Å². The number of methoxy groups -OCH3 is 3. The topological polar surface area (TPSA) is 108 Å². The maximum Gasteiger partial charge on any atom is 0.410 e. The van der Waals surface area contributed by atoms with Gasteiger partial charge in [-0.15, -0.1) is 0 Å². The zero-order valence-electron chi connectivity index (χ0n) is 33.3. The van der Waals surface area contributed by atoms with Gasteiger partial charge >= 0.3 is 6.09 Å². The third-order valence-corrected chi connectivity index (χ3v) is 15.2. The van der Waals surface area contributed by atoms with E-state index in [2.05, 4.69) is 68.4 Å². The van der Waals surface area contributed by atoms with Gasteiger partial charge in [-0.25, -0.2) is 4.79 Å². The van der Waals surface area contributed by atoms with E-state index in [0.29, 0.717) is 36.1 Å². The van der Waals surface area contributed by atoms with Gasteiger partial charge in [-0.2, -0.15) is 0 Å². The fraction of sp³-hybridized carbons (Fsp3) is 0.419. The number of nitrogens with one attached hydrogen (secondary N) is 1. The molecule has 0 aliphatic heterocycles. The molecule has 1 aliphatic rings. The van der Waals surface area contributed by atoms with Gasteiger partial charge < -0.3 is 28.7 Å². The van der Waals surface area contributed by atoms with Gasteiger partial charge in [-0.05, 0) is 76.1 Å². The van der Waals surface area contributed by atoms with Crippen LogP contribution in [0.5, 0.6) is 17.2 Å². The fourth-order valence-corrected chi connectivity index (χ4v) is 7.76. The predicted molar refractivity (Wildman–Crippen MR) is 215 cm³/mol. The highest BCUT2D eigenvalue weighted by molar-refractivity contribution is 6.74. The molecule has 0 saturated carbocycles. The van der Waals surface area contributed by atoms with Crippen LogP contribution in [0.4, 0.5) is 4.79 Å². The maximum absolute atomic E-state index is 14.4. The Bertz CT molecular complexity index is 1870. The summed E-state index contributed by atoms with van der Waals surface area (Å²) in [6.07, 6.45) is 1.11. The van der Waals surface area contributed by atoms with Crippen molar-refractivity contribution < 1.29 is 33.0 Å². The number of hydrogen-bond donors (Lipinski definition) is 1. The van der Waals surface area contributed by atoms with E-state index in [1.807, 2.05) is 62.4 Å². The lowest BCUT2D eigenvalue weighted by molar-refractivity contribution is -0.127. The van der Waals surface area contributed by atoms with Crippen molar-refractivity contribution in [1.82, 2.24) is 15.2 Å². The van der Waals surface area contributed by atoms with Crippen molar-refractivity contribution in [3.8, 4) is 39.6 Å². The minimum Gasteiger partial charge on any atom is -0.493 e. The predicted octanol–water partition coefficient (Wildman–Crippen LogP) is 8.69. The van der Waals surface area contributed by atoms with Crippen LogP contribution in [0.3, 0.4) is 0 Å². The van der Waals surface area contributed by atoms with Gasteiger partial charge in [0.15, 0.2) is 19.8 Å². The summed E-state index contributed by atoms with van der Waals surface area (Å²) in [6, 6.07) is 23.0. The molecule has 1 aliphatic carbocycles. The van der Waals surface area contributed by atoms with E-state index in [0.717, 1.165) is 33.4 Å². The molecule has 1 atom stereocenters. The minimum absolute atomic E-state index is 0.0455. The molecule has 1 aromatic heterocycles. The second-order valence-corrected chi connectivity index (χ2v) is 20.3. The number of hydrogen-bond acceptors (Lipinski definition) is 8. The first-order chi connectivity index (χ1) is 25.7. The lowest BCUT2D eigenvalue weighted by Crippen LogP contribution is -2.53. The first-order valence-corrected chi connectivity index (χ1v) is 21.4. The van der Waals surface area contributed by atoms with Crippen molar-refractivity contribution >= 4 is 20.3 Å². The van der Waals surface area contributed by atoms with E-state index in [1.165, 1.54) is 4.90 Å². The summed E-state index contributed by atoms with van der Waals surface area (Å²) in [5.74, 6) is 0.831. The smallest absolute Gasteiger partial charge is 0.410 e. The SMILES string of the molecule is COc1cc(-c2cc(CN(C(=O)OCC3c4ccccc4-c4ccccc43)[C@H](C(=O)NCCO[Si](C)(C)C(C)(C)C)C(C)C)ccn2)cc(OC)c1OC. The van der Waals surface area contributed by atoms with E-state index in [4.69, 9.17) is 23.4 Å². The minimum atomic E-state index is -2.01. The molecular formula is C43H55N3O7Si. The van der Waals surface area contributed by atoms with E-state index in [1.54, 1.807) is 27.5 Å². The number of amides is 2. The number of pyridine rings is 1. The molecule has 0 unspecified atom stereocenters. The molecule has 2 amide bonds. The standard InChI is InChI=1S/C43H55N3O7Si/c1-28(2)39(41(47)45-21-22-53-54(9,10)43(3,4)5)46(42(48)52-27-35-33-17-13-11-15-31(33)32-16-12-14-18-34(32)35)26-29-19-20-44-36(23-29)30-24-37(49-6)40(51-8)38(25-30)50-7/h11-20,23-25,28,35,39H,21-22,26-27H2,1-10H3,(H,45,47)/t39-/m0/s1. The number of aromatic nitrogens is 1. The van der Waals surface area contributed by atoms with Crippen molar-refractivity contribution in [3.05, 3.63) is 95.7 Å². The van der Waals surface area contributed by atoms with Crippen molar-refractivity contribution in [2.24, 2.45) is 5.92 Å². The summed E-state index contributed by atoms with van der Waals surface area (Å²) in [6.45, 7) is 15.8. The largest absolute Gasteiger partial charge is 0.493 e. The zero-order valence-corrected chi connectivity index (χ0v) is 34.3. The Balaban J connectivity index is 1.43. The molecule has 3 aromatic carbocycles. The van der Waals surface area contributed by atoms with Crippen LogP contribution >= 0.6 is 0 Å². The summed E-state index contributed by atoms with van der Waals surface area (Å²) < 4.78 is 29.2. The van der Waals surface area contributed by atoms with Crippen LogP contribution in [0.2, 0.25) is 18.1 Å². The van der Waals surface area contributed by atoms with Crippen LogP contribution in [-0.4, -0.2) is 77.3 Å². The lowest BCUT2D eigenvalue weighted by atomic mass is 9.98. The lowest BCUT2D eigenvalue weighted by Gasteiger charge is -2.36. The molecule has 0 bridgehead atoms. The molecule has 0 radical (unpaired) electrons. The Morgan fingerprint density at radius 1 is 0.870 bits per heavy atom. The Morgan fingerprint density at radius 3 is 2.00 bits per heavy atom. The Labute approximate surface area is 321 Å². The number of nitrogens with zero attached hydrogens (tertiary/aromatic N) is 2. The maximum atomic E-state index is 14.4. The molecule has 0 spiro atoms. The monoisotopic (exact) mass is 753 g/mol. The highest BCUT2D eigenvalue weighted by atomic mass is 28.4. The van der Waals surface area contributed by atoms with E-state index in [9.17, 15) is 9.59 Å². The summed E-state index contributed by atoms with van der Waals surface area (Å²) in [7, 11) is 2.68. The number of benzene rings is 3. The first-order valence-electron chi connectivity index (χ1n) is 18.5. The Kier molecular flexibility index (Phi) is 12.7. The molecule has 4 aromatic rings. The third kappa shape index (κ3) is 8.74. The molecule has 0 saturated heterocycles. The fourth-order valence-electron chi connectivity index (χ4n) is 6.72. The van der Waals surface area contributed by atoms with Crippen molar-refractivity contribution in [2.75, 3.05) is 41.1 Å². The van der Waals surface area contributed by atoms with E-state index >= 15 is 0 Å². The molecular weight excluding hydrogens is 699 g/mol. The van der Waals surface area contributed by atoms with Crippen LogP contribution in [0, 0.1) is 5.92 Å². The van der Waals surface area contributed by atoms with Gasteiger partial charge in [0.25, 0.3) is 0 Å². The number of carbonyl (C=O) groups is 2. The Morgan fingerprint density at radius 2 is 1.46 bits per heavy atom. The summed E-state index contributed by atoms with van der Waals surface area (Å²) in [5, 5.41) is 3.11. The summed E-state index contributed by atoms with van der Waals surface area (Å²) in [5.41, 5.74) is 6.64. The van der Waals surface area contributed by atoms with Gasteiger partial charge in [-0.1, -0.05) is 83.1 Å². The molecule has 54 heavy (non-hydrogen) atoms. The van der Waals surface area contributed by atoms with Crippen LogP contribution in [0.15, 0.2) is 79.0 Å². The second kappa shape index (κ2) is 17.1.